The van der Waals surface area contributed by atoms with Crippen LogP contribution in [0.5, 0.6) is 0 Å². The van der Waals surface area contributed by atoms with E-state index in [0.717, 1.165) is 0 Å². The lowest BCUT2D eigenvalue weighted by molar-refractivity contribution is -0.123. The van der Waals surface area contributed by atoms with Crippen LogP contribution in [0.2, 0.25) is 0 Å². The molecule has 0 spiro atoms. The van der Waals surface area contributed by atoms with E-state index in [4.69, 9.17) is 0 Å². The average molecular weight is 400 g/mol. The van der Waals surface area contributed by atoms with Gasteiger partial charge in [-0.15, -0.1) is 0 Å². The summed E-state index contributed by atoms with van der Waals surface area (Å²) in [5, 5.41) is 13.9. The second-order valence-corrected chi connectivity index (χ2v) is 7.31. The molecule has 9 heteroatoms. The van der Waals surface area contributed by atoms with Crippen molar-refractivity contribution in [2.24, 2.45) is 0 Å². The van der Waals surface area contributed by atoms with E-state index in [0.29, 0.717) is 29.8 Å². The number of benzene rings is 1. The van der Waals surface area contributed by atoms with Gasteiger partial charge in [0.1, 0.15) is 5.54 Å². The van der Waals surface area contributed by atoms with Gasteiger partial charge in [0.05, 0.1) is 0 Å². The Morgan fingerprint density at radius 2 is 2.04 bits per heavy atom. The smallest absolute Gasteiger partial charge is 0.322 e. The molecule has 1 fully saturated rings. The normalized spacial score (nSPS) is 18.3. The maximum absolute atomic E-state index is 12.1. The van der Waals surface area contributed by atoms with Gasteiger partial charge in [0.25, 0.3) is 11.8 Å². The van der Waals surface area contributed by atoms with Gasteiger partial charge in [-0.25, -0.2) is 4.79 Å². The Morgan fingerprint density at radius 1 is 1.21 bits per heavy atom. The van der Waals surface area contributed by atoms with Crippen molar-refractivity contribution < 1.29 is 19.2 Å². The molecule has 0 unspecified atom stereocenters. The van der Waals surface area contributed by atoms with E-state index < -0.39 is 17.5 Å². The molecule has 1 aromatic heterocycles. The lowest BCUT2D eigenvalue weighted by atomic mass is 9.92. The summed E-state index contributed by atoms with van der Waals surface area (Å²) in [7, 11) is 0. The van der Waals surface area contributed by atoms with E-state index in [1.807, 2.05) is 5.38 Å². The van der Waals surface area contributed by atoms with E-state index in [1.165, 1.54) is 11.3 Å². The van der Waals surface area contributed by atoms with Gasteiger partial charge in [-0.3, -0.25) is 19.7 Å². The summed E-state index contributed by atoms with van der Waals surface area (Å²) in [4.78, 5) is 47.4. The molecule has 3 rings (SSSR count). The highest BCUT2D eigenvalue weighted by atomic mass is 32.1. The monoisotopic (exact) mass is 400 g/mol. The lowest BCUT2D eigenvalue weighted by Gasteiger charge is -2.21. The van der Waals surface area contributed by atoms with Gasteiger partial charge < -0.3 is 16.0 Å². The van der Waals surface area contributed by atoms with Crippen molar-refractivity contribution in [3.8, 4) is 0 Å². The molecule has 1 saturated heterocycles. The van der Waals surface area contributed by atoms with Gasteiger partial charge in [-0.05, 0) is 42.5 Å². The van der Waals surface area contributed by atoms with Crippen molar-refractivity contribution in [3.63, 3.8) is 0 Å². The Labute approximate surface area is 165 Å². The molecule has 2 heterocycles. The second-order valence-electron chi connectivity index (χ2n) is 6.53. The Kier molecular flexibility index (Phi) is 5.74. The molecule has 0 saturated carbocycles. The number of anilines is 1. The van der Waals surface area contributed by atoms with E-state index in [2.05, 4.69) is 21.3 Å². The fourth-order valence-electron chi connectivity index (χ4n) is 2.82. The molecule has 28 heavy (non-hydrogen) atoms. The summed E-state index contributed by atoms with van der Waals surface area (Å²) in [5.41, 5.74) is 0.531. The molecule has 1 aliphatic heterocycles. The van der Waals surface area contributed by atoms with Crippen LogP contribution in [0.1, 0.15) is 35.7 Å². The zero-order chi connectivity index (χ0) is 20.1. The number of nitrogens with one attached hydrogen (secondary N) is 4. The minimum atomic E-state index is -1.18. The Balaban J connectivity index is 1.50. The van der Waals surface area contributed by atoms with Crippen LogP contribution in [-0.2, 0) is 15.1 Å². The standard InChI is InChI=1S/C19H20N4O4S/c1-19(17(26)22-18(27)23-19)13-4-2-5-14(10-13)21-15(24)6-3-8-20-16(25)12-7-9-28-11-12/h2,4-5,7,9-11H,3,6,8H2,1H3,(H,20,25)(H,21,24)(H2,22,23,26,27)/t19-/m1/s1. The minimum absolute atomic E-state index is 0.153. The Morgan fingerprint density at radius 3 is 2.71 bits per heavy atom. The average Bonchev–Trinajstić information content (AvgIpc) is 3.28. The zero-order valence-corrected chi connectivity index (χ0v) is 16.0. The molecule has 4 N–H and O–H groups in total. The number of rotatable bonds is 7. The highest BCUT2D eigenvalue weighted by molar-refractivity contribution is 7.08. The first-order valence-electron chi connectivity index (χ1n) is 8.73. The molecule has 0 bridgehead atoms. The number of amides is 5. The molecule has 146 valence electrons. The van der Waals surface area contributed by atoms with Gasteiger partial charge in [-0.2, -0.15) is 11.3 Å². The third-order valence-corrected chi connectivity index (χ3v) is 5.10. The topological polar surface area (TPSA) is 116 Å². The first-order valence-corrected chi connectivity index (χ1v) is 9.67. The highest BCUT2D eigenvalue weighted by Crippen LogP contribution is 2.26. The van der Waals surface area contributed by atoms with Gasteiger partial charge in [0.2, 0.25) is 5.91 Å². The molecular weight excluding hydrogens is 380 g/mol. The van der Waals surface area contributed by atoms with Crippen LogP contribution in [-0.4, -0.2) is 30.3 Å². The van der Waals surface area contributed by atoms with Gasteiger partial charge in [0.15, 0.2) is 0 Å². The minimum Gasteiger partial charge on any atom is -0.352 e. The third-order valence-electron chi connectivity index (χ3n) is 4.42. The van der Waals surface area contributed by atoms with Crippen LogP contribution in [0, 0.1) is 0 Å². The summed E-state index contributed by atoms with van der Waals surface area (Å²) in [6, 6.07) is 7.97. The van der Waals surface area contributed by atoms with Crippen LogP contribution in [0.15, 0.2) is 41.1 Å². The Bertz CT molecular complexity index is 912. The van der Waals surface area contributed by atoms with Crippen LogP contribution in [0.4, 0.5) is 10.5 Å². The molecule has 5 amide bonds. The number of carbonyl (C=O) groups excluding carboxylic acids is 4. The van der Waals surface area contributed by atoms with Crippen molar-refractivity contribution in [2.75, 3.05) is 11.9 Å². The van der Waals surface area contributed by atoms with E-state index in [1.54, 1.807) is 42.6 Å². The zero-order valence-electron chi connectivity index (χ0n) is 15.2. The first-order chi connectivity index (χ1) is 13.4. The number of thiophene rings is 1. The molecule has 8 nitrogen and oxygen atoms in total. The van der Waals surface area contributed by atoms with Crippen molar-refractivity contribution in [1.29, 1.82) is 0 Å². The van der Waals surface area contributed by atoms with E-state index in [-0.39, 0.29) is 18.2 Å². The predicted octanol–water partition coefficient (Wildman–Crippen LogP) is 1.95. The summed E-state index contributed by atoms with van der Waals surface area (Å²) in [5.74, 6) is -0.797. The van der Waals surface area contributed by atoms with Crippen molar-refractivity contribution in [1.82, 2.24) is 16.0 Å². The molecule has 2 aromatic rings. The van der Waals surface area contributed by atoms with E-state index >= 15 is 0 Å². The SMILES string of the molecule is C[C@]1(c2cccc(NC(=O)CCCNC(=O)c3ccsc3)c2)NC(=O)NC1=O. The van der Waals surface area contributed by atoms with E-state index in [9.17, 15) is 19.2 Å². The molecule has 0 aliphatic carbocycles. The van der Waals surface area contributed by atoms with Crippen LogP contribution < -0.4 is 21.3 Å². The number of hydrogen-bond acceptors (Lipinski definition) is 5. The van der Waals surface area contributed by atoms with Crippen LogP contribution in [0.25, 0.3) is 0 Å². The molecule has 0 radical (unpaired) electrons. The first kappa shape index (κ1) is 19.6. The molecule has 1 atom stereocenters. The highest BCUT2D eigenvalue weighted by Gasteiger charge is 2.43. The largest absolute Gasteiger partial charge is 0.352 e. The van der Waals surface area contributed by atoms with Crippen molar-refractivity contribution in [2.45, 2.75) is 25.3 Å². The third kappa shape index (κ3) is 4.37. The quantitative estimate of drug-likeness (QED) is 0.420. The van der Waals surface area contributed by atoms with Crippen molar-refractivity contribution >= 4 is 40.8 Å². The lowest BCUT2D eigenvalue weighted by Crippen LogP contribution is -2.40. The number of imide groups is 1. The second kappa shape index (κ2) is 8.22. The molecule has 1 aliphatic rings. The molecular formula is C19H20N4O4S. The summed E-state index contributed by atoms with van der Waals surface area (Å²) >= 11 is 1.45. The van der Waals surface area contributed by atoms with Crippen LogP contribution in [0.3, 0.4) is 0 Å². The predicted molar refractivity (Wildman–Crippen MR) is 105 cm³/mol. The molecule has 1 aromatic carbocycles. The number of urea groups is 1. The maximum Gasteiger partial charge on any atom is 0.322 e. The van der Waals surface area contributed by atoms with Crippen LogP contribution >= 0.6 is 11.3 Å². The summed E-state index contributed by atoms with van der Waals surface area (Å²) in [6.07, 6.45) is 0.736. The number of carbonyl (C=O) groups is 4. The summed E-state index contributed by atoms with van der Waals surface area (Å²) < 4.78 is 0. The fraction of sp³-hybridized carbons (Fsp3) is 0.263. The number of hydrogen-bond donors (Lipinski definition) is 4. The maximum atomic E-state index is 12.1. The van der Waals surface area contributed by atoms with Gasteiger partial charge in [0, 0.05) is 29.6 Å². The Hall–Kier alpha value is -3.20. The fourth-order valence-corrected chi connectivity index (χ4v) is 3.46. The van der Waals surface area contributed by atoms with Gasteiger partial charge in [-0.1, -0.05) is 12.1 Å². The van der Waals surface area contributed by atoms with Crippen molar-refractivity contribution in [3.05, 3.63) is 52.2 Å². The van der Waals surface area contributed by atoms with Gasteiger partial charge >= 0.3 is 6.03 Å². The summed E-state index contributed by atoms with van der Waals surface area (Å²) in [6.45, 7) is 2.00.